The fourth-order valence-electron chi connectivity index (χ4n) is 6.33. The zero-order chi connectivity index (χ0) is 27.9. The van der Waals surface area contributed by atoms with Crippen LogP contribution in [0.15, 0.2) is 170 Å². The van der Waals surface area contributed by atoms with E-state index in [1.807, 2.05) is 0 Å². The Morgan fingerprint density at radius 1 is 0.214 bits per heavy atom. The highest BCUT2D eigenvalue weighted by atomic mass is 14.1. The van der Waals surface area contributed by atoms with Crippen molar-refractivity contribution >= 4 is 32.3 Å². The van der Waals surface area contributed by atoms with Crippen molar-refractivity contribution in [3.8, 4) is 44.5 Å². The lowest BCUT2D eigenvalue weighted by Crippen LogP contribution is -1.87. The fraction of sp³-hybridized carbons (Fsp3) is 0. The molecule has 0 saturated heterocycles. The molecule has 196 valence electrons. The second-order valence-corrected chi connectivity index (χ2v) is 11.0. The average molecular weight is 533 g/mol. The van der Waals surface area contributed by atoms with Gasteiger partial charge in [0, 0.05) is 0 Å². The maximum atomic E-state index is 2.33. The third kappa shape index (κ3) is 4.26. The Hall–Kier alpha value is -5.46. The van der Waals surface area contributed by atoms with Crippen molar-refractivity contribution in [2.75, 3.05) is 0 Å². The van der Waals surface area contributed by atoms with E-state index in [0.29, 0.717) is 0 Å². The molecule has 0 heteroatoms. The molecule has 0 amide bonds. The highest BCUT2D eigenvalue weighted by molar-refractivity contribution is 6.09. The van der Waals surface area contributed by atoms with E-state index in [-0.39, 0.29) is 0 Å². The second-order valence-electron chi connectivity index (χ2n) is 11.0. The van der Waals surface area contributed by atoms with Crippen molar-refractivity contribution in [1.29, 1.82) is 0 Å². The standard InChI is InChI=1S/C42H28/c1-2-9-29(10-3-1)30-17-19-32(20-18-30)38-25-26-40(42-16-7-6-15-41(38)42)35-13-8-12-33(27-35)34-23-24-39-36(28-34)22-21-31-11-4-5-14-37(31)39/h1-28H. The van der Waals surface area contributed by atoms with Crippen molar-refractivity contribution in [2.24, 2.45) is 0 Å². The fourth-order valence-corrected chi connectivity index (χ4v) is 6.33. The van der Waals surface area contributed by atoms with Crippen LogP contribution in [0.2, 0.25) is 0 Å². The van der Waals surface area contributed by atoms with Gasteiger partial charge in [-0.15, -0.1) is 0 Å². The lowest BCUT2D eigenvalue weighted by Gasteiger charge is -2.14. The molecule has 0 aliphatic heterocycles. The Morgan fingerprint density at radius 3 is 1.50 bits per heavy atom. The zero-order valence-corrected chi connectivity index (χ0v) is 23.2. The molecule has 0 nitrogen and oxygen atoms in total. The molecule has 0 aromatic heterocycles. The van der Waals surface area contributed by atoms with E-state index in [4.69, 9.17) is 0 Å². The van der Waals surface area contributed by atoms with E-state index in [1.165, 1.54) is 76.8 Å². The van der Waals surface area contributed by atoms with E-state index in [0.717, 1.165) is 0 Å². The summed E-state index contributed by atoms with van der Waals surface area (Å²) >= 11 is 0. The van der Waals surface area contributed by atoms with Crippen LogP contribution in [-0.4, -0.2) is 0 Å². The maximum Gasteiger partial charge on any atom is -0.00992 e. The monoisotopic (exact) mass is 532 g/mol. The summed E-state index contributed by atoms with van der Waals surface area (Å²) in [5, 5.41) is 7.68. The summed E-state index contributed by atoms with van der Waals surface area (Å²) in [6, 6.07) is 61.7. The lowest BCUT2D eigenvalue weighted by molar-refractivity contribution is 1.59. The third-order valence-electron chi connectivity index (χ3n) is 8.48. The van der Waals surface area contributed by atoms with Gasteiger partial charge in [0.15, 0.2) is 0 Å². The number of hydrogen-bond donors (Lipinski definition) is 0. The van der Waals surface area contributed by atoms with Gasteiger partial charge in [0.05, 0.1) is 0 Å². The van der Waals surface area contributed by atoms with Gasteiger partial charge in [0.2, 0.25) is 0 Å². The van der Waals surface area contributed by atoms with Crippen molar-refractivity contribution < 1.29 is 0 Å². The van der Waals surface area contributed by atoms with E-state index < -0.39 is 0 Å². The molecule has 0 atom stereocenters. The molecular weight excluding hydrogens is 504 g/mol. The molecule has 8 aromatic rings. The molecule has 0 radical (unpaired) electrons. The van der Waals surface area contributed by atoms with Crippen LogP contribution in [0.4, 0.5) is 0 Å². The number of benzene rings is 8. The van der Waals surface area contributed by atoms with E-state index >= 15 is 0 Å². The lowest BCUT2D eigenvalue weighted by atomic mass is 9.90. The molecule has 0 aliphatic rings. The smallest absolute Gasteiger partial charge is 0.00992 e. The Balaban J connectivity index is 1.19. The van der Waals surface area contributed by atoms with Crippen LogP contribution in [-0.2, 0) is 0 Å². The summed E-state index contributed by atoms with van der Waals surface area (Å²) in [5.74, 6) is 0. The van der Waals surface area contributed by atoms with Crippen LogP contribution in [0.5, 0.6) is 0 Å². The molecule has 0 unspecified atom stereocenters. The second kappa shape index (κ2) is 10.2. The van der Waals surface area contributed by atoms with Gasteiger partial charge >= 0.3 is 0 Å². The third-order valence-corrected chi connectivity index (χ3v) is 8.48. The predicted octanol–water partition coefficient (Wildman–Crippen LogP) is 11.8. The summed E-state index contributed by atoms with van der Waals surface area (Å²) in [6.07, 6.45) is 0. The zero-order valence-electron chi connectivity index (χ0n) is 23.2. The van der Waals surface area contributed by atoms with E-state index in [2.05, 4.69) is 170 Å². The molecular formula is C42H28. The predicted molar refractivity (Wildman–Crippen MR) is 181 cm³/mol. The molecule has 0 aliphatic carbocycles. The SMILES string of the molecule is c1ccc(-c2ccc(-c3ccc(-c4cccc(-c5ccc6c(ccc7ccccc76)c5)c4)c4ccccc34)cc2)cc1. The first-order valence-electron chi connectivity index (χ1n) is 14.5. The van der Waals surface area contributed by atoms with Gasteiger partial charge in [-0.05, 0) is 89.0 Å². The summed E-state index contributed by atoms with van der Waals surface area (Å²) in [5.41, 5.74) is 9.91. The minimum Gasteiger partial charge on any atom is -0.0622 e. The quantitative estimate of drug-likeness (QED) is 0.198. The highest BCUT2D eigenvalue weighted by Gasteiger charge is 2.11. The van der Waals surface area contributed by atoms with Crippen LogP contribution >= 0.6 is 0 Å². The van der Waals surface area contributed by atoms with Gasteiger partial charge < -0.3 is 0 Å². The molecule has 0 saturated carbocycles. The molecule has 42 heavy (non-hydrogen) atoms. The average Bonchev–Trinajstić information content (AvgIpc) is 3.08. The molecule has 0 spiro atoms. The van der Waals surface area contributed by atoms with Gasteiger partial charge in [-0.3, -0.25) is 0 Å². The number of hydrogen-bond acceptors (Lipinski definition) is 0. The largest absolute Gasteiger partial charge is 0.0622 e. The topological polar surface area (TPSA) is 0 Å². The van der Waals surface area contributed by atoms with E-state index in [1.54, 1.807) is 0 Å². The minimum atomic E-state index is 1.23. The van der Waals surface area contributed by atoms with Gasteiger partial charge in [-0.1, -0.05) is 158 Å². The van der Waals surface area contributed by atoms with Crippen LogP contribution in [0.3, 0.4) is 0 Å². The van der Waals surface area contributed by atoms with Crippen LogP contribution in [0, 0.1) is 0 Å². The van der Waals surface area contributed by atoms with E-state index in [9.17, 15) is 0 Å². The number of fused-ring (bicyclic) bond motifs is 4. The van der Waals surface area contributed by atoms with Crippen LogP contribution < -0.4 is 0 Å². The first-order valence-corrected chi connectivity index (χ1v) is 14.5. The molecule has 0 fully saturated rings. The van der Waals surface area contributed by atoms with Crippen molar-refractivity contribution in [1.82, 2.24) is 0 Å². The van der Waals surface area contributed by atoms with Gasteiger partial charge in [-0.25, -0.2) is 0 Å². The van der Waals surface area contributed by atoms with Crippen LogP contribution in [0.1, 0.15) is 0 Å². The summed E-state index contributed by atoms with van der Waals surface area (Å²) < 4.78 is 0. The molecule has 0 heterocycles. The van der Waals surface area contributed by atoms with Gasteiger partial charge in [-0.2, -0.15) is 0 Å². The first kappa shape index (κ1) is 24.3. The Labute approximate surface area is 246 Å². The highest BCUT2D eigenvalue weighted by Crippen LogP contribution is 2.38. The van der Waals surface area contributed by atoms with Gasteiger partial charge in [0.1, 0.15) is 0 Å². The maximum absolute atomic E-state index is 2.33. The Morgan fingerprint density at radius 2 is 0.714 bits per heavy atom. The molecule has 0 bridgehead atoms. The van der Waals surface area contributed by atoms with Crippen molar-refractivity contribution in [2.45, 2.75) is 0 Å². The number of rotatable bonds is 4. The van der Waals surface area contributed by atoms with Crippen LogP contribution in [0.25, 0.3) is 76.8 Å². The minimum absolute atomic E-state index is 1.23. The van der Waals surface area contributed by atoms with Gasteiger partial charge in [0.25, 0.3) is 0 Å². The summed E-state index contributed by atoms with van der Waals surface area (Å²) in [7, 11) is 0. The summed E-state index contributed by atoms with van der Waals surface area (Å²) in [6.45, 7) is 0. The Kier molecular flexibility index (Phi) is 5.90. The first-order chi connectivity index (χ1) is 20.8. The van der Waals surface area contributed by atoms with Crippen molar-refractivity contribution in [3.63, 3.8) is 0 Å². The molecule has 0 N–H and O–H groups in total. The molecule has 8 rings (SSSR count). The summed E-state index contributed by atoms with van der Waals surface area (Å²) in [4.78, 5) is 0. The Bertz CT molecular complexity index is 2220. The molecule has 8 aromatic carbocycles. The normalized spacial score (nSPS) is 11.3. The van der Waals surface area contributed by atoms with Crippen molar-refractivity contribution in [3.05, 3.63) is 170 Å².